The average molecular weight is 435 g/mol. The number of aliphatic carboxylic acids is 1. The van der Waals surface area contributed by atoms with Crippen molar-refractivity contribution in [1.82, 2.24) is 10.3 Å². The third-order valence-electron chi connectivity index (χ3n) is 5.35. The van der Waals surface area contributed by atoms with Crippen LogP contribution in [0.4, 0.5) is 19.9 Å². The number of thiazole rings is 1. The molecule has 30 heavy (non-hydrogen) atoms. The highest BCUT2D eigenvalue weighted by atomic mass is 32.1. The zero-order valence-electron chi connectivity index (χ0n) is 17.2. The van der Waals surface area contributed by atoms with E-state index in [1.54, 1.807) is 37.3 Å². The van der Waals surface area contributed by atoms with Crippen molar-refractivity contribution in [2.45, 2.75) is 45.6 Å². The minimum absolute atomic E-state index is 0.0248. The highest BCUT2D eigenvalue weighted by Gasteiger charge is 2.27. The first kappa shape index (κ1) is 22.0. The molecule has 0 aliphatic carbocycles. The van der Waals surface area contributed by atoms with Crippen LogP contribution in [0.15, 0.2) is 30.5 Å². The third-order valence-corrected chi connectivity index (χ3v) is 6.47. The lowest BCUT2D eigenvalue weighted by molar-refractivity contribution is -0.147. The number of carboxylic acid groups (broad SMARTS) is 1. The number of piperidine rings is 1. The summed E-state index contributed by atoms with van der Waals surface area (Å²) in [7, 11) is 0. The van der Waals surface area contributed by atoms with Crippen molar-refractivity contribution in [3.63, 3.8) is 0 Å². The number of anilines is 2. The first-order valence-corrected chi connectivity index (χ1v) is 10.8. The maximum Gasteiger partial charge on any atom is 0.319 e. The summed E-state index contributed by atoms with van der Waals surface area (Å²) in [5.74, 6) is -1.26. The van der Waals surface area contributed by atoms with Crippen LogP contribution in [0.5, 0.6) is 0 Å². The molecule has 0 bridgehead atoms. The van der Waals surface area contributed by atoms with Gasteiger partial charge in [-0.2, -0.15) is 0 Å². The van der Waals surface area contributed by atoms with Crippen molar-refractivity contribution in [2.75, 3.05) is 23.3 Å². The Labute approximate surface area is 179 Å². The van der Waals surface area contributed by atoms with Crippen LogP contribution in [0.1, 0.15) is 38.1 Å². The van der Waals surface area contributed by atoms with Crippen LogP contribution in [0.25, 0.3) is 0 Å². The van der Waals surface area contributed by atoms with E-state index in [2.05, 4.69) is 20.5 Å². The second-order valence-electron chi connectivity index (χ2n) is 8.12. The predicted molar refractivity (Wildman–Crippen MR) is 116 cm³/mol. The molecule has 162 valence electrons. The number of amides is 2. The number of nitrogens with zero attached hydrogens (tertiary/aromatic N) is 2. The molecule has 0 radical (unpaired) electrons. The molecule has 3 N–H and O–H groups in total. The van der Waals surface area contributed by atoms with Crippen LogP contribution in [-0.4, -0.2) is 41.2 Å². The smallest absolute Gasteiger partial charge is 0.319 e. The zero-order chi connectivity index (χ0) is 21.7. The number of rotatable bonds is 7. The predicted octanol–water partition coefficient (Wildman–Crippen LogP) is 4.12. The van der Waals surface area contributed by atoms with E-state index < -0.39 is 23.2 Å². The molecule has 1 aliphatic rings. The Kier molecular flexibility index (Phi) is 6.91. The van der Waals surface area contributed by atoms with Gasteiger partial charge >= 0.3 is 12.0 Å². The maximum atomic E-state index is 13.6. The molecule has 1 aromatic heterocycles. The number of benzene rings is 1. The van der Waals surface area contributed by atoms with Gasteiger partial charge in [0.05, 0.1) is 22.3 Å². The molecule has 9 heteroatoms. The van der Waals surface area contributed by atoms with Crippen molar-refractivity contribution in [3.05, 3.63) is 41.3 Å². The highest BCUT2D eigenvalue weighted by Crippen LogP contribution is 2.30. The number of aromatic nitrogens is 1. The number of carboxylic acids is 1. The number of carbonyl (C=O) groups is 2. The average Bonchev–Trinajstić information content (AvgIpc) is 3.18. The van der Waals surface area contributed by atoms with Gasteiger partial charge in [-0.3, -0.25) is 4.79 Å². The zero-order valence-corrected chi connectivity index (χ0v) is 18.0. The molecule has 2 amide bonds. The number of hydrogen-bond donors (Lipinski definition) is 3. The quantitative estimate of drug-likeness (QED) is 0.610. The second kappa shape index (κ2) is 9.42. The van der Waals surface area contributed by atoms with Crippen molar-refractivity contribution < 1.29 is 19.1 Å². The maximum absolute atomic E-state index is 13.6. The monoisotopic (exact) mass is 434 g/mol. The summed E-state index contributed by atoms with van der Waals surface area (Å²) in [6, 6.07) is 5.70. The topological polar surface area (TPSA) is 94.6 Å². The molecule has 1 aliphatic heterocycles. The Hall–Kier alpha value is -2.68. The van der Waals surface area contributed by atoms with E-state index in [1.165, 1.54) is 12.1 Å². The fourth-order valence-corrected chi connectivity index (χ4v) is 4.21. The molecule has 0 unspecified atom stereocenters. The second-order valence-corrected chi connectivity index (χ2v) is 9.21. The molecule has 0 saturated carbocycles. The minimum atomic E-state index is -0.798. The Bertz CT molecular complexity index is 894. The van der Waals surface area contributed by atoms with Crippen molar-refractivity contribution in [2.24, 2.45) is 5.41 Å². The van der Waals surface area contributed by atoms with Crippen LogP contribution >= 0.6 is 11.3 Å². The lowest BCUT2D eigenvalue weighted by Crippen LogP contribution is -2.46. The Morgan fingerprint density at radius 3 is 2.67 bits per heavy atom. The number of para-hydroxylation sites is 1. The first-order chi connectivity index (χ1) is 14.2. The molecule has 0 spiro atoms. The first-order valence-electron chi connectivity index (χ1n) is 10.00. The number of nitrogens with one attached hydrogen (secondary N) is 2. The molecule has 1 fully saturated rings. The lowest BCUT2D eigenvalue weighted by Gasteiger charge is -2.32. The van der Waals surface area contributed by atoms with E-state index in [1.807, 2.05) is 6.20 Å². The van der Waals surface area contributed by atoms with Gasteiger partial charge in [-0.25, -0.2) is 14.2 Å². The molecular weight excluding hydrogens is 407 g/mol. The minimum Gasteiger partial charge on any atom is -0.481 e. The summed E-state index contributed by atoms with van der Waals surface area (Å²) < 4.78 is 13.6. The highest BCUT2D eigenvalue weighted by molar-refractivity contribution is 7.15. The van der Waals surface area contributed by atoms with Gasteiger partial charge in [0, 0.05) is 25.6 Å². The Morgan fingerprint density at radius 2 is 2.00 bits per heavy atom. The number of carbonyl (C=O) groups excluding carboxylic acids is 1. The summed E-state index contributed by atoms with van der Waals surface area (Å²) >= 11 is 1.59. The normalized spacial score (nSPS) is 15.1. The molecular formula is C21H27FN4O3S. The van der Waals surface area contributed by atoms with Crippen LogP contribution in [-0.2, 0) is 11.2 Å². The van der Waals surface area contributed by atoms with Gasteiger partial charge in [0.25, 0.3) is 0 Å². The number of halogens is 1. The number of urea groups is 1. The van der Waals surface area contributed by atoms with Gasteiger partial charge in [0.1, 0.15) is 10.8 Å². The number of hydrogen-bond acceptors (Lipinski definition) is 5. The molecule has 3 rings (SSSR count). The van der Waals surface area contributed by atoms with Gasteiger partial charge < -0.3 is 20.6 Å². The molecule has 7 nitrogen and oxygen atoms in total. The molecule has 0 atom stereocenters. The largest absolute Gasteiger partial charge is 0.481 e. The molecule has 2 aromatic rings. The van der Waals surface area contributed by atoms with Crippen LogP contribution in [0.2, 0.25) is 0 Å². The van der Waals surface area contributed by atoms with Crippen LogP contribution < -0.4 is 15.5 Å². The summed E-state index contributed by atoms with van der Waals surface area (Å²) in [4.78, 5) is 30.1. The van der Waals surface area contributed by atoms with Crippen molar-refractivity contribution in [1.29, 1.82) is 0 Å². The number of aryl methyl sites for hydroxylation is 1. The van der Waals surface area contributed by atoms with Gasteiger partial charge in [0.2, 0.25) is 0 Å². The van der Waals surface area contributed by atoms with Crippen LogP contribution in [0, 0.1) is 11.2 Å². The molecule has 2 heterocycles. The van der Waals surface area contributed by atoms with E-state index in [4.69, 9.17) is 0 Å². The Balaban J connectivity index is 1.45. The fraction of sp³-hybridized carbons (Fsp3) is 0.476. The molecule has 1 aromatic carbocycles. The summed E-state index contributed by atoms with van der Waals surface area (Å²) in [6.07, 6.45) is 4.58. The van der Waals surface area contributed by atoms with E-state index >= 15 is 0 Å². The summed E-state index contributed by atoms with van der Waals surface area (Å²) in [5.41, 5.74) is -0.602. The van der Waals surface area contributed by atoms with Gasteiger partial charge in [0.15, 0.2) is 0 Å². The van der Waals surface area contributed by atoms with E-state index in [-0.39, 0.29) is 11.7 Å². The fourth-order valence-electron chi connectivity index (χ4n) is 3.24. The van der Waals surface area contributed by atoms with E-state index in [0.29, 0.717) is 12.8 Å². The van der Waals surface area contributed by atoms with E-state index in [0.717, 1.165) is 35.9 Å². The summed E-state index contributed by atoms with van der Waals surface area (Å²) in [6.45, 7) is 5.02. The SMILES string of the molecule is CC(C)(CCc1ncc(N2CCC(NC(=O)Nc3ccccc3F)CC2)s1)C(=O)O. The summed E-state index contributed by atoms with van der Waals surface area (Å²) in [5, 5.41) is 16.7. The van der Waals surface area contributed by atoms with Gasteiger partial charge in [-0.05, 0) is 45.2 Å². The van der Waals surface area contributed by atoms with E-state index in [9.17, 15) is 19.1 Å². The van der Waals surface area contributed by atoms with Gasteiger partial charge in [-0.15, -0.1) is 11.3 Å². The van der Waals surface area contributed by atoms with Crippen molar-refractivity contribution >= 4 is 34.0 Å². The third kappa shape index (κ3) is 5.69. The standard InChI is InChI=1S/C21H27FN4O3S/c1-21(2,19(27)28)10-7-17-23-13-18(30-17)26-11-8-14(9-12-26)24-20(29)25-16-6-4-3-5-15(16)22/h3-6,13-14H,7-12H2,1-2H3,(H,27,28)(H2,24,25,29). The van der Waals surface area contributed by atoms with Crippen molar-refractivity contribution in [3.8, 4) is 0 Å². The van der Waals surface area contributed by atoms with Crippen LogP contribution in [0.3, 0.4) is 0 Å². The Morgan fingerprint density at radius 1 is 1.30 bits per heavy atom. The lowest BCUT2D eigenvalue weighted by atomic mass is 9.88. The van der Waals surface area contributed by atoms with Gasteiger partial charge in [-0.1, -0.05) is 12.1 Å². The molecule has 1 saturated heterocycles.